The van der Waals surface area contributed by atoms with Crippen molar-refractivity contribution in [2.75, 3.05) is 51.8 Å². The summed E-state index contributed by atoms with van der Waals surface area (Å²) in [7, 11) is 5.37. The van der Waals surface area contributed by atoms with Crippen LogP contribution in [0.4, 0.5) is 15.0 Å². The topological polar surface area (TPSA) is 108 Å². The van der Waals surface area contributed by atoms with Gasteiger partial charge in [0.1, 0.15) is 36.2 Å². The number of nitrogens with one attached hydrogen (secondary N) is 1. The fourth-order valence-electron chi connectivity index (χ4n) is 9.03. The highest BCUT2D eigenvalue weighted by atomic mass is 19.1. The maximum Gasteiger partial charge on any atom is 0.409 e. The van der Waals surface area contributed by atoms with E-state index in [0.29, 0.717) is 43.3 Å². The summed E-state index contributed by atoms with van der Waals surface area (Å²) < 4.78 is 29.4. The van der Waals surface area contributed by atoms with Gasteiger partial charge in [-0.05, 0) is 92.1 Å². The Bertz CT molecular complexity index is 1920. The van der Waals surface area contributed by atoms with Crippen LogP contribution in [0, 0.1) is 5.82 Å². The number of phenols is 1. The number of aryl methyl sites for hydroxylation is 2. The first-order chi connectivity index (χ1) is 23.6. The molecule has 2 bridgehead atoms. The monoisotopic (exact) mass is 671 g/mol. The molecule has 2 aromatic heterocycles. The van der Waals surface area contributed by atoms with E-state index in [4.69, 9.17) is 19.4 Å². The fraction of sp³-hybridized carbons (Fsp3) is 0.541. The number of halogens is 1. The van der Waals surface area contributed by atoms with E-state index in [-0.39, 0.29) is 29.2 Å². The number of hydrogen-bond acceptors (Lipinski definition) is 9. The molecule has 2 aromatic carbocycles. The van der Waals surface area contributed by atoms with Crippen LogP contribution >= 0.6 is 0 Å². The number of ether oxygens (including phenoxy) is 2. The van der Waals surface area contributed by atoms with Crippen molar-refractivity contribution in [3.8, 4) is 23.0 Å². The predicted molar refractivity (Wildman–Crippen MR) is 187 cm³/mol. The molecule has 4 saturated heterocycles. The van der Waals surface area contributed by atoms with E-state index in [1.807, 2.05) is 18.5 Å². The standard InChI is InChI=1S/C37H46FN7O4/c1-5-27-30(38)10-7-22-15-26(46)16-28(32(22)27)31-17-29-33(43(31)4)40-35(41-34(29)44-18-23-8-9-24(19-44)39-23)49-21-37-12-6-14-45(37)25(11-13-37)20-48-36(47)42(2)3/h7,10,15-17,23-25,39,46H,5-6,8-9,11-14,18-21H2,1-4H3/t23?,24?,25-,37?/m1/s1. The number of aromatic nitrogens is 3. The largest absolute Gasteiger partial charge is 0.508 e. The molecule has 6 heterocycles. The molecule has 4 aliphatic rings. The van der Waals surface area contributed by atoms with Crippen LogP contribution in [0.3, 0.4) is 0 Å². The second kappa shape index (κ2) is 12.3. The Balaban J connectivity index is 1.17. The van der Waals surface area contributed by atoms with Gasteiger partial charge < -0.3 is 34.3 Å². The molecule has 4 atom stereocenters. The third-order valence-electron chi connectivity index (χ3n) is 11.4. The Morgan fingerprint density at radius 3 is 2.67 bits per heavy atom. The molecule has 0 saturated carbocycles. The summed E-state index contributed by atoms with van der Waals surface area (Å²) in [6, 6.07) is 10.0. The van der Waals surface area contributed by atoms with Crippen molar-refractivity contribution < 1.29 is 23.8 Å². The molecule has 0 spiro atoms. The number of fused-ring (bicyclic) bond motifs is 5. The normalized spacial score (nSPS) is 25.0. The van der Waals surface area contributed by atoms with Gasteiger partial charge in [-0.3, -0.25) is 4.90 Å². The van der Waals surface area contributed by atoms with Crippen LogP contribution in [0.25, 0.3) is 33.1 Å². The van der Waals surface area contributed by atoms with E-state index in [1.165, 1.54) is 11.0 Å². The van der Waals surface area contributed by atoms with Crippen LogP contribution in [-0.2, 0) is 18.2 Å². The van der Waals surface area contributed by atoms with Crippen LogP contribution in [-0.4, -0.2) is 106 Å². The van der Waals surface area contributed by atoms with Crippen LogP contribution < -0.4 is 15.0 Å². The van der Waals surface area contributed by atoms with Crippen molar-refractivity contribution in [3.05, 3.63) is 41.7 Å². The predicted octanol–water partition coefficient (Wildman–Crippen LogP) is 5.21. The zero-order chi connectivity index (χ0) is 34.0. The van der Waals surface area contributed by atoms with E-state index >= 15 is 4.39 Å². The Morgan fingerprint density at radius 1 is 1.12 bits per heavy atom. The smallest absolute Gasteiger partial charge is 0.409 e. The maximum atomic E-state index is 15.2. The highest BCUT2D eigenvalue weighted by Crippen LogP contribution is 2.44. The van der Waals surface area contributed by atoms with Crippen molar-refractivity contribution in [2.24, 2.45) is 7.05 Å². The maximum absolute atomic E-state index is 15.2. The quantitative estimate of drug-likeness (QED) is 0.261. The third kappa shape index (κ3) is 5.53. The van der Waals surface area contributed by atoms with Crippen molar-refractivity contribution in [1.82, 2.24) is 29.7 Å². The Morgan fingerprint density at radius 2 is 1.92 bits per heavy atom. The van der Waals surface area contributed by atoms with Gasteiger partial charge in [-0.25, -0.2) is 9.18 Å². The number of rotatable bonds is 8. The minimum absolute atomic E-state index is 0.127. The minimum Gasteiger partial charge on any atom is -0.508 e. The summed E-state index contributed by atoms with van der Waals surface area (Å²) in [6.45, 7) is 5.42. The summed E-state index contributed by atoms with van der Waals surface area (Å²) >= 11 is 0. The molecule has 0 aliphatic carbocycles. The minimum atomic E-state index is -0.319. The number of phenolic OH excluding ortho intramolecular Hbond substituents is 1. The molecule has 2 N–H and O–H groups in total. The van der Waals surface area contributed by atoms with Gasteiger partial charge in [-0.2, -0.15) is 9.97 Å². The molecule has 3 unspecified atom stereocenters. The number of hydrogen-bond donors (Lipinski definition) is 2. The van der Waals surface area contributed by atoms with Gasteiger partial charge in [0.05, 0.1) is 16.6 Å². The molecule has 49 heavy (non-hydrogen) atoms. The molecule has 260 valence electrons. The van der Waals surface area contributed by atoms with Gasteiger partial charge in [0.2, 0.25) is 0 Å². The van der Waals surface area contributed by atoms with Crippen molar-refractivity contribution in [1.29, 1.82) is 0 Å². The van der Waals surface area contributed by atoms with Crippen molar-refractivity contribution in [2.45, 2.75) is 75.5 Å². The first kappa shape index (κ1) is 32.1. The molecule has 4 aromatic rings. The van der Waals surface area contributed by atoms with Gasteiger partial charge in [0, 0.05) is 57.9 Å². The highest BCUT2D eigenvalue weighted by Gasteiger charge is 2.50. The zero-order valence-corrected chi connectivity index (χ0v) is 28.8. The van der Waals surface area contributed by atoms with E-state index in [9.17, 15) is 9.90 Å². The Kier molecular flexibility index (Phi) is 8.06. The van der Waals surface area contributed by atoms with E-state index in [2.05, 4.69) is 21.2 Å². The Labute approximate surface area is 286 Å². The molecule has 4 aliphatic heterocycles. The van der Waals surface area contributed by atoms with Gasteiger partial charge in [0.25, 0.3) is 0 Å². The van der Waals surface area contributed by atoms with Gasteiger partial charge in [-0.15, -0.1) is 0 Å². The van der Waals surface area contributed by atoms with Crippen LogP contribution in [0.2, 0.25) is 0 Å². The number of carbonyl (C=O) groups is 1. The summed E-state index contributed by atoms with van der Waals surface area (Å²) in [5.41, 5.74) is 2.79. The second-order valence-electron chi connectivity index (χ2n) is 14.6. The SMILES string of the molecule is CCc1c(F)ccc2cc(O)cc(-c3cc4c(N5CC6CCC(C5)N6)nc(OCC56CCCN5[C@@H](COC(=O)N(C)C)CC6)nc4n3C)c12. The Hall–Kier alpha value is -4.16. The molecule has 0 radical (unpaired) electrons. The number of piperazine rings is 1. The van der Waals surface area contributed by atoms with Gasteiger partial charge in [0.15, 0.2) is 0 Å². The summed E-state index contributed by atoms with van der Waals surface area (Å²) in [5, 5.41) is 17.0. The fourth-order valence-corrected chi connectivity index (χ4v) is 9.03. The molecular formula is C37H46FN7O4. The van der Waals surface area contributed by atoms with Crippen molar-refractivity contribution in [3.63, 3.8) is 0 Å². The van der Waals surface area contributed by atoms with Crippen LogP contribution in [0.15, 0.2) is 30.3 Å². The average molecular weight is 672 g/mol. The van der Waals surface area contributed by atoms with Crippen LogP contribution in [0.1, 0.15) is 51.0 Å². The first-order valence-electron chi connectivity index (χ1n) is 17.7. The molecule has 1 amide bonds. The summed E-state index contributed by atoms with van der Waals surface area (Å²) in [4.78, 5) is 28.6. The number of benzene rings is 2. The van der Waals surface area contributed by atoms with E-state index in [0.717, 1.165) is 97.0 Å². The average Bonchev–Trinajstić information content (AvgIpc) is 3.84. The molecule has 4 fully saturated rings. The number of aromatic hydroxyl groups is 1. The highest BCUT2D eigenvalue weighted by molar-refractivity contribution is 6.03. The molecule has 12 heteroatoms. The summed E-state index contributed by atoms with van der Waals surface area (Å²) in [6.07, 6.45) is 6.47. The first-order valence-corrected chi connectivity index (χ1v) is 17.7. The number of amides is 1. The van der Waals surface area contributed by atoms with Crippen LogP contribution in [0.5, 0.6) is 11.8 Å². The molecular weight excluding hydrogens is 625 g/mol. The van der Waals surface area contributed by atoms with E-state index in [1.54, 1.807) is 32.3 Å². The van der Waals surface area contributed by atoms with Gasteiger partial charge in [-0.1, -0.05) is 13.0 Å². The number of anilines is 1. The second-order valence-corrected chi connectivity index (χ2v) is 14.6. The number of nitrogens with zero attached hydrogens (tertiary/aromatic N) is 6. The lowest BCUT2D eigenvalue weighted by Gasteiger charge is -2.35. The summed E-state index contributed by atoms with van der Waals surface area (Å²) in [5.74, 6) is 0.716. The molecule has 11 nitrogen and oxygen atoms in total. The lowest BCUT2D eigenvalue weighted by molar-refractivity contribution is 0.0484. The lowest BCUT2D eigenvalue weighted by Crippen LogP contribution is -2.51. The third-order valence-corrected chi connectivity index (χ3v) is 11.4. The number of carbonyl (C=O) groups excluding carboxylic acids is 1. The van der Waals surface area contributed by atoms with Gasteiger partial charge >= 0.3 is 12.1 Å². The molecule has 8 rings (SSSR count). The zero-order valence-electron chi connectivity index (χ0n) is 28.8. The van der Waals surface area contributed by atoms with Crippen molar-refractivity contribution >= 4 is 33.7 Å². The lowest BCUT2D eigenvalue weighted by atomic mass is 9.95. The van der Waals surface area contributed by atoms with E-state index < -0.39 is 0 Å².